The number of rotatable bonds is 7. The second-order valence-electron chi connectivity index (χ2n) is 7.09. The normalized spacial score (nSPS) is 12.9. The molecule has 0 amide bonds. The van der Waals surface area contributed by atoms with E-state index in [1.807, 2.05) is 42.5 Å². The van der Waals surface area contributed by atoms with Crippen molar-refractivity contribution in [2.24, 2.45) is 0 Å². The molecule has 0 bridgehead atoms. The molecule has 2 aromatic carbocycles. The maximum absolute atomic E-state index is 14.0. The molecule has 4 heteroatoms. The second-order valence-corrected chi connectivity index (χ2v) is 8.80. The Morgan fingerprint density at radius 2 is 1.48 bits per heavy atom. The summed E-state index contributed by atoms with van der Waals surface area (Å²) in [7, 11) is 4.11. The lowest BCUT2D eigenvalue weighted by Gasteiger charge is -2.37. The lowest BCUT2D eigenvalue weighted by molar-refractivity contribution is 0.0886. The molecule has 0 aliphatic heterocycles. The highest BCUT2D eigenvalue weighted by Crippen LogP contribution is 2.42. The standard InChI is InChI=1S/C23H24ClNOS/c1-17(25(2)3)16-23(18-10-6-4-7-11-18,19-12-8-5-9-13-19)22(26)20-14-15-21(24)27-20/h4-15,17H,16H2,1-3H3/t17-/m0/s1. The molecule has 140 valence electrons. The van der Waals surface area contributed by atoms with E-state index in [9.17, 15) is 4.79 Å². The van der Waals surface area contributed by atoms with Gasteiger partial charge < -0.3 is 4.90 Å². The summed E-state index contributed by atoms with van der Waals surface area (Å²) in [6.45, 7) is 2.16. The van der Waals surface area contributed by atoms with Gasteiger partial charge in [0.25, 0.3) is 0 Å². The Hall–Kier alpha value is -1.94. The fourth-order valence-electron chi connectivity index (χ4n) is 3.47. The number of ketones is 1. The number of benzene rings is 2. The quantitative estimate of drug-likeness (QED) is 0.462. The summed E-state index contributed by atoms with van der Waals surface area (Å²) in [5.74, 6) is 0.102. The molecule has 0 saturated carbocycles. The number of Topliss-reactive ketones (excluding diaryl/α,β-unsaturated/α-hetero) is 1. The van der Waals surface area contributed by atoms with E-state index in [0.29, 0.717) is 15.6 Å². The summed E-state index contributed by atoms with van der Waals surface area (Å²) in [5.41, 5.74) is 1.26. The first-order chi connectivity index (χ1) is 12.9. The smallest absolute Gasteiger partial charge is 0.187 e. The fourth-order valence-corrected chi connectivity index (χ4v) is 4.54. The molecule has 1 atom stereocenters. The van der Waals surface area contributed by atoms with Gasteiger partial charge in [0.15, 0.2) is 5.78 Å². The zero-order valence-corrected chi connectivity index (χ0v) is 17.4. The minimum atomic E-state index is -0.764. The van der Waals surface area contributed by atoms with Gasteiger partial charge in [-0.2, -0.15) is 0 Å². The number of halogens is 1. The number of hydrogen-bond donors (Lipinski definition) is 0. The number of nitrogens with zero attached hydrogens (tertiary/aromatic N) is 1. The van der Waals surface area contributed by atoms with Gasteiger partial charge in [-0.05, 0) is 50.7 Å². The zero-order valence-electron chi connectivity index (χ0n) is 15.9. The molecule has 0 unspecified atom stereocenters. The first kappa shape index (κ1) is 19.8. The molecule has 27 heavy (non-hydrogen) atoms. The van der Waals surface area contributed by atoms with Crippen LogP contribution >= 0.6 is 22.9 Å². The Morgan fingerprint density at radius 3 is 1.89 bits per heavy atom. The highest BCUT2D eigenvalue weighted by atomic mass is 35.5. The first-order valence-electron chi connectivity index (χ1n) is 9.03. The molecule has 3 rings (SSSR count). The van der Waals surface area contributed by atoms with Crippen molar-refractivity contribution in [3.8, 4) is 0 Å². The van der Waals surface area contributed by atoms with Crippen LogP contribution in [0.4, 0.5) is 0 Å². The van der Waals surface area contributed by atoms with Gasteiger partial charge in [-0.1, -0.05) is 72.3 Å². The van der Waals surface area contributed by atoms with Gasteiger partial charge in [0.2, 0.25) is 0 Å². The molecule has 1 heterocycles. The SMILES string of the molecule is C[C@@H](CC(C(=O)c1ccc(Cl)s1)(c1ccccc1)c1ccccc1)N(C)C. The molecule has 0 spiro atoms. The van der Waals surface area contributed by atoms with Crippen LogP contribution in [0.25, 0.3) is 0 Å². The predicted molar refractivity (Wildman–Crippen MR) is 115 cm³/mol. The summed E-state index contributed by atoms with van der Waals surface area (Å²) >= 11 is 7.51. The third kappa shape index (κ3) is 4.01. The van der Waals surface area contributed by atoms with E-state index in [1.165, 1.54) is 11.3 Å². The Kier molecular flexibility index (Phi) is 6.15. The summed E-state index contributed by atoms with van der Waals surface area (Å²) in [6, 6.07) is 24.1. The van der Waals surface area contributed by atoms with Crippen LogP contribution in [-0.2, 0) is 5.41 Å². The predicted octanol–water partition coefficient (Wildman–Crippen LogP) is 5.91. The maximum Gasteiger partial charge on any atom is 0.187 e. The van der Waals surface area contributed by atoms with E-state index in [-0.39, 0.29) is 11.8 Å². The van der Waals surface area contributed by atoms with Crippen molar-refractivity contribution in [1.29, 1.82) is 0 Å². The van der Waals surface area contributed by atoms with Crippen molar-refractivity contribution in [1.82, 2.24) is 4.90 Å². The van der Waals surface area contributed by atoms with Crippen molar-refractivity contribution in [2.45, 2.75) is 24.8 Å². The largest absolute Gasteiger partial charge is 0.307 e. The van der Waals surface area contributed by atoms with Crippen molar-refractivity contribution in [3.05, 3.63) is 93.1 Å². The zero-order chi connectivity index (χ0) is 19.4. The van der Waals surface area contributed by atoms with Gasteiger partial charge in [-0.25, -0.2) is 0 Å². The van der Waals surface area contributed by atoms with Crippen LogP contribution < -0.4 is 0 Å². The molecule has 3 aromatic rings. The van der Waals surface area contributed by atoms with Crippen LogP contribution in [0.3, 0.4) is 0 Å². The lowest BCUT2D eigenvalue weighted by Crippen LogP contribution is -2.43. The average molecular weight is 398 g/mol. The Labute approximate surface area is 170 Å². The molecule has 0 fully saturated rings. The van der Waals surface area contributed by atoms with Gasteiger partial charge in [0.1, 0.15) is 0 Å². The highest BCUT2D eigenvalue weighted by Gasteiger charge is 2.44. The van der Waals surface area contributed by atoms with E-state index >= 15 is 0 Å². The summed E-state index contributed by atoms with van der Waals surface area (Å²) in [4.78, 5) is 16.8. The molecule has 0 radical (unpaired) electrons. The van der Waals surface area contributed by atoms with Gasteiger partial charge in [-0.15, -0.1) is 11.3 Å². The third-order valence-corrected chi connectivity index (χ3v) is 6.43. The third-order valence-electron chi connectivity index (χ3n) is 5.20. The van der Waals surface area contributed by atoms with Gasteiger partial charge in [0, 0.05) is 6.04 Å². The van der Waals surface area contributed by atoms with Crippen LogP contribution in [-0.4, -0.2) is 30.8 Å². The lowest BCUT2D eigenvalue weighted by atomic mass is 9.67. The molecule has 2 nitrogen and oxygen atoms in total. The fraction of sp³-hybridized carbons (Fsp3) is 0.261. The minimum absolute atomic E-state index is 0.102. The Bertz CT molecular complexity index is 850. The summed E-state index contributed by atoms with van der Waals surface area (Å²) in [6.07, 6.45) is 0.683. The molecule has 1 aromatic heterocycles. The van der Waals surface area contributed by atoms with E-state index < -0.39 is 5.41 Å². The molecule has 0 aliphatic rings. The average Bonchev–Trinajstić information content (AvgIpc) is 3.13. The van der Waals surface area contributed by atoms with Crippen LogP contribution in [0.5, 0.6) is 0 Å². The summed E-state index contributed by atoms with van der Waals surface area (Å²) in [5, 5.41) is 0. The molecule has 0 N–H and O–H groups in total. The van der Waals surface area contributed by atoms with Gasteiger partial charge in [0.05, 0.1) is 14.6 Å². The minimum Gasteiger partial charge on any atom is -0.307 e. The van der Waals surface area contributed by atoms with E-state index in [2.05, 4.69) is 50.2 Å². The number of thiophene rings is 1. The number of hydrogen-bond acceptors (Lipinski definition) is 3. The van der Waals surface area contributed by atoms with Crippen molar-refractivity contribution in [2.75, 3.05) is 14.1 Å². The van der Waals surface area contributed by atoms with Crippen molar-refractivity contribution in [3.63, 3.8) is 0 Å². The van der Waals surface area contributed by atoms with Crippen LogP contribution in [0.15, 0.2) is 72.8 Å². The van der Waals surface area contributed by atoms with Crippen LogP contribution in [0.1, 0.15) is 34.1 Å². The second kappa shape index (κ2) is 8.39. The van der Waals surface area contributed by atoms with E-state index in [4.69, 9.17) is 11.6 Å². The Morgan fingerprint density at radius 1 is 0.963 bits per heavy atom. The van der Waals surface area contributed by atoms with Gasteiger partial charge in [-0.3, -0.25) is 4.79 Å². The highest BCUT2D eigenvalue weighted by molar-refractivity contribution is 7.18. The molecular weight excluding hydrogens is 374 g/mol. The van der Waals surface area contributed by atoms with E-state index in [1.54, 1.807) is 6.07 Å². The molecular formula is C23H24ClNOS. The van der Waals surface area contributed by atoms with Crippen molar-refractivity contribution >= 4 is 28.7 Å². The van der Waals surface area contributed by atoms with Gasteiger partial charge >= 0.3 is 0 Å². The van der Waals surface area contributed by atoms with Crippen molar-refractivity contribution < 1.29 is 4.79 Å². The first-order valence-corrected chi connectivity index (χ1v) is 10.2. The van der Waals surface area contributed by atoms with Crippen LogP contribution in [0.2, 0.25) is 4.34 Å². The topological polar surface area (TPSA) is 20.3 Å². The van der Waals surface area contributed by atoms with E-state index in [0.717, 1.165) is 11.1 Å². The number of carbonyl (C=O) groups is 1. The molecule has 0 aliphatic carbocycles. The molecule has 0 saturated heterocycles. The monoisotopic (exact) mass is 397 g/mol. The Balaban J connectivity index is 2.26. The van der Waals surface area contributed by atoms with Crippen LogP contribution in [0, 0.1) is 0 Å². The maximum atomic E-state index is 14.0. The number of carbonyl (C=O) groups excluding carboxylic acids is 1. The summed E-state index contributed by atoms with van der Waals surface area (Å²) < 4.78 is 0.633.